The van der Waals surface area contributed by atoms with Gasteiger partial charge in [-0.1, -0.05) is 12.1 Å². The largest absolute Gasteiger partial charge is 0.383 e. The van der Waals surface area contributed by atoms with Crippen LogP contribution in [0.25, 0.3) is 16.5 Å². The van der Waals surface area contributed by atoms with Gasteiger partial charge in [0, 0.05) is 43.1 Å². The van der Waals surface area contributed by atoms with Crippen LogP contribution in [0.4, 0.5) is 11.8 Å². The van der Waals surface area contributed by atoms with E-state index >= 15 is 0 Å². The lowest BCUT2D eigenvalue weighted by Gasteiger charge is -2.31. The van der Waals surface area contributed by atoms with E-state index in [9.17, 15) is 4.79 Å². The van der Waals surface area contributed by atoms with Crippen LogP contribution in [0.1, 0.15) is 33.6 Å². The molecule has 9 heteroatoms. The third-order valence-electron chi connectivity index (χ3n) is 6.30. The molecular formula is C27H28N8O. The Bertz CT molecular complexity index is 1420. The number of nitrogens with two attached hydrogens (primary N) is 1. The van der Waals surface area contributed by atoms with E-state index < -0.39 is 0 Å². The molecule has 0 saturated heterocycles. The van der Waals surface area contributed by atoms with Gasteiger partial charge >= 0.3 is 0 Å². The molecule has 0 unspecified atom stereocenters. The van der Waals surface area contributed by atoms with Crippen LogP contribution in [-0.2, 0) is 6.54 Å². The summed E-state index contributed by atoms with van der Waals surface area (Å²) in [7, 11) is 1.77. The molecule has 0 saturated carbocycles. The third kappa shape index (κ3) is 4.87. The highest BCUT2D eigenvalue weighted by molar-refractivity contribution is 5.98. The molecule has 0 spiro atoms. The zero-order chi connectivity index (χ0) is 25.1. The van der Waals surface area contributed by atoms with Gasteiger partial charge in [-0.05, 0) is 73.0 Å². The Morgan fingerprint density at radius 2 is 1.94 bits per heavy atom. The van der Waals surface area contributed by atoms with E-state index in [-0.39, 0.29) is 12.5 Å². The number of hydrogen-bond donors (Lipinski definition) is 2. The highest BCUT2D eigenvalue weighted by atomic mass is 16.2. The molecule has 36 heavy (non-hydrogen) atoms. The minimum absolute atomic E-state index is 0.201. The van der Waals surface area contributed by atoms with Crippen molar-refractivity contribution in [2.24, 2.45) is 0 Å². The van der Waals surface area contributed by atoms with Crippen LogP contribution in [0.15, 0.2) is 67.1 Å². The summed E-state index contributed by atoms with van der Waals surface area (Å²) >= 11 is 0. The quantitative estimate of drug-likeness (QED) is 0.404. The van der Waals surface area contributed by atoms with Crippen molar-refractivity contribution in [1.82, 2.24) is 30.3 Å². The first-order valence-electron chi connectivity index (χ1n) is 11.8. The van der Waals surface area contributed by atoms with Gasteiger partial charge in [-0.3, -0.25) is 14.8 Å². The molecule has 0 atom stereocenters. The van der Waals surface area contributed by atoms with Crippen molar-refractivity contribution in [2.45, 2.75) is 19.9 Å². The molecule has 4 heterocycles. The maximum absolute atomic E-state index is 13.8. The van der Waals surface area contributed by atoms with Gasteiger partial charge in [0.25, 0.3) is 5.91 Å². The SMILES string of the molecule is Cc1cc2cc(C(=O)N(Cc3ccc(C4=CCNCC4)cn3)N(C)c3ncccn3)ccc2nc1N. The van der Waals surface area contributed by atoms with Gasteiger partial charge in [-0.25, -0.2) is 20.0 Å². The fourth-order valence-electron chi connectivity index (χ4n) is 4.21. The minimum atomic E-state index is -0.201. The number of anilines is 2. The number of amides is 1. The number of nitrogen functional groups attached to an aromatic ring is 1. The highest BCUT2D eigenvalue weighted by Gasteiger charge is 2.24. The smallest absolute Gasteiger partial charge is 0.272 e. The summed E-state index contributed by atoms with van der Waals surface area (Å²) in [5.74, 6) is 0.695. The van der Waals surface area contributed by atoms with Crippen LogP contribution in [-0.4, -0.2) is 51.0 Å². The fraction of sp³-hybridized carbons (Fsp3) is 0.222. The van der Waals surface area contributed by atoms with Crippen molar-refractivity contribution in [3.05, 3.63) is 89.5 Å². The second-order valence-corrected chi connectivity index (χ2v) is 8.75. The van der Waals surface area contributed by atoms with Crippen LogP contribution in [0.3, 0.4) is 0 Å². The van der Waals surface area contributed by atoms with Crippen LogP contribution in [0, 0.1) is 6.92 Å². The van der Waals surface area contributed by atoms with Crippen molar-refractivity contribution < 1.29 is 4.79 Å². The molecule has 5 rings (SSSR count). The van der Waals surface area contributed by atoms with Gasteiger partial charge in [0.05, 0.1) is 17.8 Å². The Kier molecular flexibility index (Phi) is 6.55. The number of aryl methyl sites for hydroxylation is 1. The van der Waals surface area contributed by atoms with E-state index in [2.05, 4.69) is 37.4 Å². The highest BCUT2D eigenvalue weighted by Crippen LogP contribution is 2.23. The molecule has 4 aromatic rings. The first kappa shape index (κ1) is 23.4. The Morgan fingerprint density at radius 3 is 2.67 bits per heavy atom. The van der Waals surface area contributed by atoms with Gasteiger partial charge in [-0.15, -0.1) is 0 Å². The molecule has 9 nitrogen and oxygen atoms in total. The Hall–Kier alpha value is -4.37. The minimum Gasteiger partial charge on any atom is -0.383 e. The van der Waals surface area contributed by atoms with E-state index in [1.54, 1.807) is 41.6 Å². The van der Waals surface area contributed by atoms with Gasteiger partial charge in [0.15, 0.2) is 0 Å². The number of hydrazine groups is 1. The van der Waals surface area contributed by atoms with Gasteiger partial charge in [0.2, 0.25) is 5.95 Å². The Morgan fingerprint density at radius 1 is 1.11 bits per heavy atom. The summed E-state index contributed by atoms with van der Waals surface area (Å²) < 4.78 is 0. The number of nitrogens with zero attached hydrogens (tertiary/aromatic N) is 6. The summed E-state index contributed by atoms with van der Waals surface area (Å²) in [6, 6.07) is 13.1. The third-order valence-corrected chi connectivity index (χ3v) is 6.30. The summed E-state index contributed by atoms with van der Waals surface area (Å²) in [4.78, 5) is 31.6. The molecule has 1 aliphatic rings. The number of rotatable bonds is 6. The number of pyridine rings is 2. The fourth-order valence-corrected chi connectivity index (χ4v) is 4.21. The second kappa shape index (κ2) is 10.1. The lowest BCUT2D eigenvalue weighted by molar-refractivity contribution is 0.0727. The normalized spacial score (nSPS) is 13.3. The van der Waals surface area contributed by atoms with E-state index in [0.29, 0.717) is 17.3 Å². The lowest BCUT2D eigenvalue weighted by atomic mass is 10.0. The van der Waals surface area contributed by atoms with Crippen LogP contribution >= 0.6 is 0 Å². The second-order valence-electron chi connectivity index (χ2n) is 8.75. The molecule has 182 valence electrons. The van der Waals surface area contributed by atoms with Crippen molar-refractivity contribution in [1.29, 1.82) is 0 Å². The van der Waals surface area contributed by atoms with E-state index in [0.717, 1.165) is 47.2 Å². The summed E-state index contributed by atoms with van der Waals surface area (Å²) in [6.07, 6.45) is 8.34. The zero-order valence-corrected chi connectivity index (χ0v) is 20.3. The molecule has 3 aromatic heterocycles. The molecule has 0 fully saturated rings. The molecule has 0 bridgehead atoms. The maximum atomic E-state index is 13.8. The first-order chi connectivity index (χ1) is 17.5. The lowest BCUT2D eigenvalue weighted by Crippen LogP contribution is -2.45. The standard InChI is InChI=1S/C27H28N8O/c1-18-14-22-15-20(5-7-24(22)33-25(18)28)26(36)35(34(2)27-30-10-3-11-31-27)17-23-6-4-21(16-32-23)19-8-12-29-13-9-19/h3-8,10-11,14-16,29H,9,12-13,17H2,1-2H3,(H2,28,33). The molecule has 1 aromatic carbocycles. The van der Waals surface area contributed by atoms with E-state index in [4.69, 9.17) is 5.73 Å². The summed E-state index contributed by atoms with van der Waals surface area (Å²) in [5.41, 5.74) is 11.2. The van der Waals surface area contributed by atoms with Crippen molar-refractivity contribution in [3.63, 3.8) is 0 Å². The molecule has 0 radical (unpaired) electrons. The Labute approximate surface area is 209 Å². The topological polar surface area (TPSA) is 113 Å². The number of benzene rings is 1. The Balaban J connectivity index is 1.46. The number of hydrogen-bond acceptors (Lipinski definition) is 8. The monoisotopic (exact) mass is 480 g/mol. The predicted molar refractivity (Wildman–Crippen MR) is 141 cm³/mol. The predicted octanol–water partition coefficient (Wildman–Crippen LogP) is 3.38. The molecule has 1 amide bonds. The van der Waals surface area contributed by atoms with Gasteiger partial charge in [0.1, 0.15) is 5.82 Å². The van der Waals surface area contributed by atoms with Crippen LogP contribution < -0.4 is 16.1 Å². The number of carbonyl (C=O) groups excluding carboxylic acids is 1. The van der Waals surface area contributed by atoms with Crippen LogP contribution in [0.2, 0.25) is 0 Å². The van der Waals surface area contributed by atoms with Gasteiger partial charge in [-0.2, -0.15) is 0 Å². The first-order valence-corrected chi connectivity index (χ1v) is 11.8. The van der Waals surface area contributed by atoms with Crippen LogP contribution in [0.5, 0.6) is 0 Å². The molecule has 3 N–H and O–H groups in total. The molecule has 1 aliphatic heterocycles. The number of nitrogens with one attached hydrogen (secondary N) is 1. The summed E-state index contributed by atoms with van der Waals surface area (Å²) in [6.45, 7) is 3.99. The van der Waals surface area contributed by atoms with E-state index in [1.807, 2.05) is 37.4 Å². The van der Waals surface area contributed by atoms with Crippen molar-refractivity contribution in [3.8, 4) is 0 Å². The average molecular weight is 481 g/mol. The summed E-state index contributed by atoms with van der Waals surface area (Å²) in [5, 5.41) is 7.43. The zero-order valence-electron chi connectivity index (χ0n) is 20.3. The number of carbonyl (C=O) groups is 1. The van der Waals surface area contributed by atoms with E-state index in [1.165, 1.54) is 5.57 Å². The number of fused-ring (bicyclic) bond motifs is 1. The number of aromatic nitrogens is 4. The van der Waals surface area contributed by atoms with Crippen molar-refractivity contribution >= 4 is 34.1 Å². The molecule has 0 aliphatic carbocycles. The maximum Gasteiger partial charge on any atom is 0.272 e. The molecular weight excluding hydrogens is 452 g/mol. The van der Waals surface area contributed by atoms with Gasteiger partial charge < -0.3 is 11.1 Å². The van der Waals surface area contributed by atoms with Crippen molar-refractivity contribution in [2.75, 3.05) is 30.9 Å². The average Bonchev–Trinajstić information content (AvgIpc) is 2.93.